The molecule has 0 spiro atoms. The fourth-order valence-electron chi connectivity index (χ4n) is 1.95. The number of anilines is 1. The number of carboxylic acids is 1. The molecule has 2 rings (SSSR count). The van der Waals surface area contributed by atoms with Gasteiger partial charge in [0.1, 0.15) is 5.69 Å². The van der Waals surface area contributed by atoms with Crippen LogP contribution in [0.4, 0.5) is 5.69 Å². The van der Waals surface area contributed by atoms with E-state index < -0.39 is 15.8 Å². The number of aromatic nitrogens is 1. The van der Waals surface area contributed by atoms with Gasteiger partial charge in [-0.15, -0.1) is 0 Å². The molecule has 98 valence electrons. The summed E-state index contributed by atoms with van der Waals surface area (Å²) < 4.78 is 22.6. The van der Waals surface area contributed by atoms with Crippen LogP contribution in [-0.2, 0) is 9.84 Å². The summed E-state index contributed by atoms with van der Waals surface area (Å²) in [5, 5.41) is 11.8. The topological polar surface area (TPSA) is 96.4 Å². The van der Waals surface area contributed by atoms with Crippen molar-refractivity contribution in [2.24, 2.45) is 5.92 Å². The maximum absolute atomic E-state index is 11.3. The van der Waals surface area contributed by atoms with Crippen molar-refractivity contribution < 1.29 is 18.3 Å². The number of pyridine rings is 1. The summed E-state index contributed by atoms with van der Waals surface area (Å²) in [4.78, 5) is 14.4. The van der Waals surface area contributed by atoms with E-state index in [0.29, 0.717) is 18.7 Å². The predicted octanol–water partition coefficient (Wildman–Crippen LogP) is 0.626. The van der Waals surface area contributed by atoms with E-state index in [1.54, 1.807) is 6.07 Å². The number of hydrogen-bond donors (Lipinski definition) is 2. The lowest BCUT2D eigenvalue weighted by Crippen LogP contribution is -2.16. The zero-order valence-electron chi connectivity index (χ0n) is 9.67. The molecule has 7 heteroatoms. The van der Waals surface area contributed by atoms with Crippen molar-refractivity contribution in [3.8, 4) is 0 Å². The molecule has 2 N–H and O–H groups in total. The third kappa shape index (κ3) is 3.19. The van der Waals surface area contributed by atoms with E-state index in [2.05, 4.69) is 10.3 Å². The van der Waals surface area contributed by atoms with E-state index in [-0.39, 0.29) is 23.1 Å². The standard InChI is InChI=1S/C11H14N2O4S/c14-11(15)10-5-9(1-3-12-10)13-6-8-2-4-18(16,17)7-8/h1,3,5,8H,2,4,6-7H2,(H,12,13)(H,14,15). The van der Waals surface area contributed by atoms with Crippen molar-refractivity contribution in [1.29, 1.82) is 0 Å². The van der Waals surface area contributed by atoms with E-state index in [4.69, 9.17) is 5.11 Å². The highest BCUT2D eigenvalue weighted by atomic mass is 32.2. The SMILES string of the molecule is O=C(O)c1cc(NCC2CCS(=O)(=O)C2)ccn1. The maximum atomic E-state index is 11.3. The predicted molar refractivity (Wildman–Crippen MR) is 66.4 cm³/mol. The second-order valence-electron chi connectivity index (χ2n) is 4.38. The summed E-state index contributed by atoms with van der Waals surface area (Å²) in [5.41, 5.74) is 0.616. The Balaban J connectivity index is 1.95. The van der Waals surface area contributed by atoms with E-state index in [9.17, 15) is 13.2 Å². The van der Waals surface area contributed by atoms with Crippen LogP contribution in [0.25, 0.3) is 0 Å². The van der Waals surface area contributed by atoms with Gasteiger partial charge in [0, 0.05) is 18.4 Å². The van der Waals surface area contributed by atoms with Crippen molar-refractivity contribution in [3.63, 3.8) is 0 Å². The molecule has 1 unspecified atom stereocenters. The molecule has 0 saturated carbocycles. The lowest BCUT2D eigenvalue weighted by atomic mass is 10.1. The summed E-state index contributed by atoms with van der Waals surface area (Å²) >= 11 is 0. The van der Waals surface area contributed by atoms with Crippen LogP contribution in [-0.4, -0.2) is 42.5 Å². The molecule has 1 atom stereocenters. The Kier molecular flexibility index (Phi) is 3.51. The number of rotatable bonds is 4. The van der Waals surface area contributed by atoms with Gasteiger partial charge in [-0.25, -0.2) is 18.2 Å². The molecule has 1 aromatic heterocycles. The minimum atomic E-state index is -2.87. The molecule has 1 saturated heterocycles. The Morgan fingerprint density at radius 2 is 2.33 bits per heavy atom. The number of hydrogen-bond acceptors (Lipinski definition) is 5. The second kappa shape index (κ2) is 4.93. The zero-order valence-corrected chi connectivity index (χ0v) is 10.5. The average molecular weight is 270 g/mol. The molecule has 2 heterocycles. The number of nitrogens with zero attached hydrogens (tertiary/aromatic N) is 1. The van der Waals surface area contributed by atoms with Crippen LogP contribution in [0.1, 0.15) is 16.9 Å². The number of carboxylic acid groups (broad SMARTS) is 1. The second-order valence-corrected chi connectivity index (χ2v) is 6.61. The quantitative estimate of drug-likeness (QED) is 0.833. The molecule has 6 nitrogen and oxygen atoms in total. The van der Waals surface area contributed by atoms with E-state index in [1.165, 1.54) is 12.3 Å². The van der Waals surface area contributed by atoms with Gasteiger partial charge in [0.2, 0.25) is 0 Å². The summed E-state index contributed by atoms with van der Waals surface area (Å²) in [6.07, 6.45) is 2.07. The number of carbonyl (C=O) groups is 1. The highest BCUT2D eigenvalue weighted by molar-refractivity contribution is 7.91. The maximum Gasteiger partial charge on any atom is 0.354 e. The minimum Gasteiger partial charge on any atom is -0.477 e. The van der Waals surface area contributed by atoms with Gasteiger partial charge in [-0.2, -0.15) is 0 Å². The van der Waals surface area contributed by atoms with Gasteiger partial charge in [0.25, 0.3) is 0 Å². The van der Waals surface area contributed by atoms with E-state index >= 15 is 0 Å². The molecule has 0 aliphatic carbocycles. The van der Waals surface area contributed by atoms with E-state index in [1.807, 2.05) is 0 Å². The van der Waals surface area contributed by atoms with Crippen LogP contribution in [0.5, 0.6) is 0 Å². The smallest absolute Gasteiger partial charge is 0.354 e. The van der Waals surface area contributed by atoms with Gasteiger partial charge in [-0.05, 0) is 24.5 Å². The molecule has 0 amide bonds. The molecule has 0 aromatic carbocycles. The molecule has 1 aliphatic heterocycles. The summed E-state index contributed by atoms with van der Waals surface area (Å²) in [7, 11) is -2.87. The molecule has 1 aliphatic rings. The number of nitrogens with one attached hydrogen (secondary N) is 1. The number of sulfone groups is 1. The van der Waals surface area contributed by atoms with Crippen LogP contribution in [0.2, 0.25) is 0 Å². The molecule has 0 bridgehead atoms. The Hall–Kier alpha value is -1.63. The van der Waals surface area contributed by atoms with Crippen molar-refractivity contribution in [2.75, 3.05) is 23.4 Å². The summed E-state index contributed by atoms with van der Waals surface area (Å²) in [5.74, 6) is -0.536. The monoisotopic (exact) mass is 270 g/mol. The lowest BCUT2D eigenvalue weighted by Gasteiger charge is -2.10. The van der Waals surface area contributed by atoms with Crippen LogP contribution in [0.15, 0.2) is 18.3 Å². The Bertz CT molecular complexity index is 556. The normalized spacial score (nSPS) is 21.7. The Morgan fingerprint density at radius 3 is 2.94 bits per heavy atom. The van der Waals surface area contributed by atoms with Gasteiger partial charge < -0.3 is 10.4 Å². The molecule has 1 fully saturated rings. The van der Waals surface area contributed by atoms with Crippen molar-refractivity contribution >= 4 is 21.5 Å². The molecule has 1 aromatic rings. The fourth-order valence-corrected chi connectivity index (χ4v) is 3.81. The largest absolute Gasteiger partial charge is 0.477 e. The van der Waals surface area contributed by atoms with Gasteiger partial charge in [-0.3, -0.25) is 0 Å². The first-order chi connectivity index (χ1) is 8.46. The van der Waals surface area contributed by atoms with Crippen LogP contribution in [0, 0.1) is 5.92 Å². The first kappa shape index (κ1) is 12.8. The zero-order chi connectivity index (χ0) is 13.2. The fraction of sp³-hybridized carbons (Fsp3) is 0.455. The van der Waals surface area contributed by atoms with Gasteiger partial charge in [0.05, 0.1) is 11.5 Å². The summed E-state index contributed by atoms with van der Waals surface area (Å²) in [6, 6.07) is 3.10. The Labute approximate surface area is 105 Å². The molecular weight excluding hydrogens is 256 g/mol. The first-order valence-electron chi connectivity index (χ1n) is 5.60. The van der Waals surface area contributed by atoms with Crippen molar-refractivity contribution in [2.45, 2.75) is 6.42 Å². The van der Waals surface area contributed by atoms with Gasteiger partial charge in [-0.1, -0.05) is 0 Å². The first-order valence-corrected chi connectivity index (χ1v) is 7.42. The highest BCUT2D eigenvalue weighted by Crippen LogP contribution is 2.19. The minimum absolute atomic E-state index is 0.0287. The van der Waals surface area contributed by atoms with Crippen LogP contribution >= 0.6 is 0 Å². The molecule has 18 heavy (non-hydrogen) atoms. The highest BCUT2D eigenvalue weighted by Gasteiger charge is 2.27. The van der Waals surface area contributed by atoms with Crippen molar-refractivity contribution in [1.82, 2.24) is 4.98 Å². The number of aromatic carboxylic acids is 1. The molecular formula is C11H14N2O4S. The third-order valence-electron chi connectivity index (χ3n) is 2.90. The van der Waals surface area contributed by atoms with E-state index in [0.717, 1.165) is 0 Å². The molecule has 0 radical (unpaired) electrons. The Morgan fingerprint density at radius 1 is 1.56 bits per heavy atom. The summed E-state index contributed by atoms with van der Waals surface area (Å²) in [6.45, 7) is 0.530. The van der Waals surface area contributed by atoms with Crippen LogP contribution < -0.4 is 5.32 Å². The van der Waals surface area contributed by atoms with Crippen LogP contribution in [0.3, 0.4) is 0 Å². The van der Waals surface area contributed by atoms with Gasteiger partial charge in [0.15, 0.2) is 9.84 Å². The lowest BCUT2D eigenvalue weighted by molar-refractivity contribution is 0.0690. The van der Waals surface area contributed by atoms with Crippen molar-refractivity contribution in [3.05, 3.63) is 24.0 Å². The van der Waals surface area contributed by atoms with Gasteiger partial charge >= 0.3 is 5.97 Å². The average Bonchev–Trinajstić information content (AvgIpc) is 2.67. The third-order valence-corrected chi connectivity index (χ3v) is 4.74.